The molecule has 0 bridgehead atoms. The quantitative estimate of drug-likeness (QED) is 0.872. The Labute approximate surface area is 111 Å². The predicted octanol–water partition coefficient (Wildman–Crippen LogP) is 2.51. The first-order chi connectivity index (χ1) is 8.42. The van der Waals surface area contributed by atoms with E-state index in [-0.39, 0.29) is 6.04 Å². The second kappa shape index (κ2) is 6.21. The number of aryl methyl sites for hydroxylation is 2. The van der Waals surface area contributed by atoms with Gasteiger partial charge in [-0.15, -0.1) is 0 Å². The van der Waals surface area contributed by atoms with Gasteiger partial charge in [-0.1, -0.05) is 13.0 Å². The molecule has 2 N–H and O–H groups in total. The normalized spacial score (nSPS) is 14.7. The zero-order chi connectivity index (χ0) is 13.9. The third-order valence-corrected chi connectivity index (χ3v) is 3.48. The summed E-state index contributed by atoms with van der Waals surface area (Å²) in [6, 6.07) is 4.59. The van der Waals surface area contributed by atoms with E-state index < -0.39 is 0 Å². The summed E-state index contributed by atoms with van der Waals surface area (Å²) in [4.78, 5) is 2.22. The van der Waals surface area contributed by atoms with Gasteiger partial charge in [0.05, 0.1) is 7.11 Å². The Hall–Kier alpha value is -1.06. The minimum absolute atomic E-state index is 0.283. The maximum atomic E-state index is 5.85. The number of hydrogen-bond acceptors (Lipinski definition) is 3. The standard InChI is InChI=1S/C15H26N2O/c1-10-7-11(2)14(13(8-10)18-6)15(17(4)5)12(3)9-16/h7-8,12,15H,9,16H2,1-6H3. The zero-order valence-electron chi connectivity index (χ0n) is 12.4. The van der Waals surface area contributed by atoms with Crippen molar-refractivity contribution in [2.45, 2.75) is 26.8 Å². The van der Waals surface area contributed by atoms with Crippen molar-refractivity contribution in [3.63, 3.8) is 0 Å². The Kier molecular flexibility index (Phi) is 5.17. The van der Waals surface area contributed by atoms with Gasteiger partial charge >= 0.3 is 0 Å². The first-order valence-corrected chi connectivity index (χ1v) is 6.44. The summed E-state index contributed by atoms with van der Waals surface area (Å²) < 4.78 is 5.57. The predicted molar refractivity (Wildman–Crippen MR) is 77.1 cm³/mol. The first-order valence-electron chi connectivity index (χ1n) is 6.44. The third-order valence-electron chi connectivity index (χ3n) is 3.48. The Bertz CT molecular complexity index is 402. The molecule has 0 aliphatic carbocycles. The molecule has 0 aliphatic heterocycles. The van der Waals surface area contributed by atoms with E-state index in [1.807, 2.05) is 0 Å². The van der Waals surface area contributed by atoms with Crippen LogP contribution in [-0.2, 0) is 0 Å². The van der Waals surface area contributed by atoms with Gasteiger partial charge in [0.15, 0.2) is 0 Å². The Morgan fingerprint density at radius 2 is 1.89 bits per heavy atom. The van der Waals surface area contributed by atoms with Crippen LogP contribution >= 0.6 is 0 Å². The molecule has 1 rings (SSSR count). The maximum Gasteiger partial charge on any atom is 0.124 e. The van der Waals surface area contributed by atoms with E-state index in [0.29, 0.717) is 12.5 Å². The molecular formula is C15H26N2O. The molecule has 2 atom stereocenters. The SMILES string of the molecule is COc1cc(C)cc(C)c1C(C(C)CN)N(C)C. The van der Waals surface area contributed by atoms with Gasteiger partial charge in [0.1, 0.15) is 5.75 Å². The Morgan fingerprint density at radius 1 is 1.28 bits per heavy atom. The van der Waals surface area contributed by atoms with E-state index in [4.69, 9.17) is 10.5 Å². The molecular weight excluding hydrogens is 224 g/mol. The van der Waals surface area contributed by atoms with E-state index in [1.165, 1.54) is 16.7 Å². The van der Waals surface area contributed by atoms with Gasteiger partial charge in [0, 0.05) is 11.6 Å². The van der Waals surface area contributed by atoms with Crippen molar-refractivity contribution in [1.82, 2.24) is 4.90 Å². The highest BCUT2D eigenvalue weighted by atomic mass is 16.5. The molecule has 2 unspecified atom stereocenters. The van der Waals surface area contributed by atoms with Crippen LogP contribution in [0.5, 0.6) is 5.75 Å². The highest BCUT2D eigenvalue weighted by Gasteiger charge is 2.25. The van der Waals surface area contributed by atoms with Crippen molar-refractivity contribution in [3.8, 4) is 5.75 Å². The van der Waals surface area contributed by atoms with E-state index in [0.717, 1.165) is 5.75 Å². The molecule has 0 spiro atoms. The van der Waals surface area contributed by atoms with Gasteiger partial charge in [-0.3, -0.25) is 0 Å². The van der Waals surface area contributed by atoms with Gasteiger partial charge in [-0.05, 0) is 57.6 Å². The molecule has 0 saturated heterocycles. The van der Waals surface area contributed by atoms with Crippen LogP contribution in [0, 0.1) is 19.8 Å². The van der Waals surface area contributed by atoms with Crippen LogP contribution in [0.4, 0.5) is 0 Å². The molecule has 0 radical (unpaired) electrons. The topological polar surface area (TPSA) is 38.5 Å². The second-order valence-corrected chi connectivity index (χ2v) is 5.32. The lowest BCUT2D eigenvalue weighted by molar-refractivity contribution is 0.220. The van der Waals surface area contributed by atoms with E-state index in [1.54, 1.807) is 7.11 Å². The highest BCUT2D eigenvalue weighted by Crippen LogP contribution is 2.36. The molecule has 3 heteroatoms. The number of ether oxygens (including phenoxy) is 1. The molecule has 0 saturated carbocycles. The summed E-state index contributed by atoms with van der Waals surface area (Å²) in [6.07, 6.45) is 0. The van der Waals surface area contributed by atoms with Crippen molar-refractivity contribution in [2.24, 2.45) is 11.7 Å². The van der Waals surface area contributed by atoms with Gasteiger partial charge in [-0.2, -0.15) is 0 Å². The Balaban J connectivity index is 3.35. The summed E-state index contributed by atoms with van der Waals surface area (Å²) in [7, 11) is 5.92. The number of benzene rings is 1. The molecule has 102 valence electrons. The lowest BCUT2D eigenvalue weighted by Crippen LogP contribution is -2.31. The second-order valence-electron chi connectivity index (χ2n) is 5.32. The van der Waals surface area contributed by atoms with E-state index in [2.05, 4.69) is 51.9 Å². The minimum Gasteiger partial charge on any atom is -0.496 e. The van der Waals surface area contributed by atoms with Crippen LogP contribution in [0.1, 0.15) is 29.7 Å². The largest absolute Gasteiger partial charge is 0.496 e. The van der Waals surface area contributed by atoms with Gasteiger partial charge < -0.3 is 15.4 Å². The number of nitrogens with two attached hydrogens (primary N) is 1. The third kappa shape index (κ3) is 3.03. The zero-order valence-corrected chi connectivity index (χ0v) is 12.4. The molecule has 0 aromatic heterocycles. The van der Waals surface area contributed by atoms with Crippen LogP contribution in [0.3, 0.4) is 0 Å². The molecule has 1 aromatic carbocycles. The van der Waals surface area contributed by atoms with Crippen molar-refractivity contribution >= 4 is 0 Å². The fourth-order valence-corrected chi connectivity index (χ4v) is 2.67. The Morgan fingerprint density at radius 3 is 2.33 bits per heavy atom. The van der Waals surface area contributed by atoms with Crippen LogP contribution in [0.2, 0.25) is 0 Å². The number of rotatable bonds is 5. The molecule has 0 aliphatic rings. The highest BCUT2D eigenvalue weighted by molar-refractivity contribution is 5.45. The molecule has 18 heavy (non-hydrogen) atoms. The van der Waals surface area contributed by atoms with E-state index >= 15 is 0 Å². The average Bonchev–Trinajstić information content (AvgIpc) is 2.30. The first kappa shape index (κ1) is 15.0. The number of nitrogens with zero attached hydrogens (tertiary/aromatic N) is 1. The summed E-state index contributed by atoms with van der Waals surface area (Å²) in [5, 5.41) is 0. The van der Waals surface area contributed by atoms with Crippen LogP contribution in [-0.4, -0.2) is 32.6 Å². The molecule has 0 fully saturated rings. The molecule has 0 heterocycles. The van der Waals surface area contributed by atoms with Gasteiger partial charge in [0.2, 0.25) is 0 Å². The maximum absolute atomic E-state index is 5.85. The summed E-state index contributed by atoms with van der Waals surface area (Å²) in [6.45, 7) is 7.09. The van der Waals surface area contributed by atoms with Crippen molar-refractivity contribution in [3.05, 3.63) is 28.8 Å². The van der Waals surface area contributed by atoms with Crippen molar-refractivity contribution < 1.29 is 4.74 Å². The number of methoxy groups -OCH3 is 1. The van der Waals surface area contributed by atoms with E-state index in [9.17, 15) is 0 Å². The van der Waals surface area contributed by atoms with Crippen LogP contribution < -0.4 is 10.5 Å². The molecule has 3 nitrogen and oxygen atoms in total. The summed E-state index contributed by atoms with van der Waals surface area (Å²) in [5.74, 6) is 1.35. The molecule has 0 amide bonds. The fraction of sp³-hybridized carbons (Fsp3) is 0.600. The van der Waals surface area contributed by atoms with Crippen LogP contribution in [0.15, 0.2) is 12.1 Å². The molecule has 1 aromatic rings. The van der Waals surface area contributed by atoms with Gasteiger partial charge in [-0.25, -0.2) is 0 Å². The minimum atomic E-state index is 0.283. The fourth-order valence-electron chi connectivity index (χ4n) is 2.67. The van der Waals surface area contributed by atoms with Gasteiger partial charge in [0.25, 0.3) is 0 Å². The van der Waals surface area contributed by atoms with Crippen LogP contribution in [0.25, 0.3) is 0 Å². The lowest BCUT2D eigenvalue weighted by atomic mass is 9.89. The smallest absolute Gasteiger partial charge is 0.124 e. The number of hydrogen-bond donors (Lipinski definition) is 1. The van der Waals surface area contributed by atoms with Crippen molar-refractivity contribution in [1.29, 1.82) is 0 Å². The monoisotopic (exact) mass is 250 g/mol. The summed E-state index contributed by atoms with van der Waals surface area (Å²) in [5.41, 5.74) is 9.60. The average molecular weight is 250 g/mol. The van der Waals surface area contributed by atoms with Crippen molar-refractivity contribution in [2.75, 3.05) is 27.7 Å². The lowest BCUT2D eigenvalue weighted by Gasteiger charge is -2.32. The summed E-state index contributed by atoms with van der Waals surface area (Å²) >= 11 is 0.